The third kappa shape index (κ3) is 4.29. The van der Waals surface area contributed by atoms with E-state index in [1.54, 1.807) is 0 Å². The summed E-state index contributed by atoms with van der Waals surface area (Å²) in [5.74, 6) is -0.638. The Morgan fingerprint density at radius 1 is 1.47 bits per heavy atom. The van der Waals surface area contributed by atoms with Crippen LogP contribution in [-0.2, 0) is 9.59 Å². The van der Waals surface area contributed by atoms with Crippen molar-refractivity contribution < 1.29 is 14.7 Å². The van der Waals surface area contributed by atoms with Gasteiger partial charge in [0.25, 0.3) is 0 Å². The predicted octanol–water partition coefficient (Wildman–Crippen LogP) is -0.0362. The quantitative estimate of drug-likeness (QED) is 0.580. The Kier molecular flexibility index (Phi) is 4.08. The van der Waals surface area contributed by atoms with Crippen LogP contribution in [0.2, 0.25) is 0 Å². The molecule has 2 atom stereocenters. The van der Waals surface area contributed by atoms with Crippen molar-refractivity contribution in [3.05, 3.63) is 0 Å². The fourth-order valence-corrected chi connectivity index (χ4v) is 1.51. The van der Waals surface area contributed by atoms with E-state index in [9.17, 15) is 9.59 Å². The fraction of sp³-hybridized carbons (Fsp3) is 0.800. The van der Waals surface area contributed by atoms with Crippen molar-refractivity contribution in [2.75, 3.05) is 6.54 Å². The molecule has 1 aliphatic rings. The molecule has 1 aliphatic carbocycles. The van der Waals surface area contributed by atoms with Crippen LogP contribution in [0.15, 0.2) is 0 Å². The molecule has 86 valence electrons. The van der Waals surface area contributed by atoms with E-state index in [1.165, 1.54) is 19.8 Å². The second-order valence-electron chi connectivity index (χ2n) is 4.13. The van der Waals surface area contributed by atoms with Gasteiger partial charge in [-0.05, 0) is 25.7 Å². The largest absolute Gasteiger partial charge is 0.480 e. The number of hydrogen-bond acceptors (Lipinski definition) is 3. The van der Waals surface area contributed by atoms with E-state index < -0.39 is 12.0 Å². The van der Waals surface area contributed by atoms with Crippen molar-refractivity contribution in [2.45, 2.75) is 38.8 Å². The number of nitrogens with one attached hydrogen (secondary N) is 2. The molecule has 5 heteroatoms. The van der Waals surface area contributed by atoms with Crippen LogP contribution in [0.5, 0.6) is 0 Å². The van der Waals surface area contributed by atoms with Crippen LogP contribution in [-0.4, -0.2) is 35.6 Å². The first-order valence-electron chi connectivity index (χ1n) is 5.24. The molecule has 0 aromatic heterocycles. The maximum Gasteiger partial charge on any atom is 0.327 e. The maximum absolute atomic E-state index is 10.8. The Bertz CT molecular complexity index is 251. The zero-order chi connectivity index (χ0) is 11.4. The molecule has 0 bridgehead atoms. The van der Waals surface area contributed by atoms with Crippen LogP contribution >= 0.6 is 0 Å². The minimum Gasteiger partial charge on any atom is -0.480 e. The lowest BCUT2D eigenvalue weighted by molar-refractivity contribution is -0.141. The summed E-state index contributed by atoms with van der Waals surface area (Å²) in [6.07, 6.45) is 2.43. The second-order valence-corrected chi connectivity index (χ2v) is 4.13. The Labute approximate surface area is 89.2 Å². The van der Waals surface area contributed by atoms with Gasteiger partial charge >= 0.3 is 5.97 Å². The van der Waals surface area contributed by atoms with Crippen molar-refractivity contribution in [3.8, 4) is 0 Å². The molecule has 0 spiro atoms. The number of rotatable bonds is 6. The van der Waals surface area contributed by atoms with E-state index in [2.05, 4.69) is 10.6 Å². The number of carboxylic acids is 1. The molecule has 1 saturated carbocycles. The van der Waals surface area contributed by atoms with Gasteiger partial charge in [-0.2, -0.15) is 0 Å². The summed E-state index contributed by atoms with van der Waals surface area (Å²) in [5, 5.41) is 14.4. The van der Waals surface area contributed by atoms with E-state index in [0.29, 0.717) is 12.0 Å². The SMILES string of the molecule is CC(=O)NC(CNC(C)C1CC1)C(=O)O. The molecule has 15 heavy (non-hydrogen) atoms. The van der Waals surface area contributed by atoms with E-state index in [-0.39, 0.29) is 12.5 Å². The van der Waals surface area contributed by atoms with Crippen LogP contribution in [0.1, 0.15) is 26.7 Å². The molecule has 2 unspecified atom stereocenters. The van der Waals surface area contributed by atoms with Gasteiger partial charge in [0.1, 0.15) is 6.04 Å². The summed E-state index contributed by atoms with van der Waals surface area (Å²) >= 11 is 0. The monoisotopic (exact) mass is 214 g/mol. The molecule has 5 nitrogen and oxygen atoms in total. The summed E-state index contributed by atoms with van der Waals surface area (Å²) in [7, 11) is 0. The van der Waals surface area contributed by atoms with Gasteiger partial charge in [-0.25, -0.2) is 4.79 Å². The minimum atomic E-state index is -0.999. The van der Waals surface area contributed by atoms with Crippen molar-refractivity contribution >= 4 is 11.9 Å². The fourth-order valence-electron chi connectivity index (χ4n) is 1.51. The standard InChI is InChI=1S/C10H18N2O3/c1-6(8-3-4-8)11-5-9(10(14)15)12-7(2)13/h6,8-9,11H,3-5H2,1-2H3,(H,12,13)(H,14,15). The first kappa shape index (κ1) is 12.0. The topological polar surface area (TPSA) is 78.4 Å². The van der Waals surface area contributed by atoms with E-state index in [1.807, 2.05) is 6.92 Å². The average Bonchev–Trinajstić information content (AvgIpc) is 2.93. The smallest absolute Gasteiger partial charge is 0.327 e. The van der Waals surface area contributed by atoms with Crippen molar-refractivity contribution in [1.29, 1.82) is 0 Å². The lowest BCUT2D eigenvalue weighted by Gasteiger charge is -2.18. The zero-order valence-corrected chi connectivity index (χ0v) is 9.12. The molecular weight excluding hydrogens is 196 g/mol. The van der Waals surface area contributed by atoms with Gasteiger partial charge in [-0.1, -0.05) is 0 Å². The summed E-state index contributed by atoms with van der Waals surface area (Å²) < 4.78 is 0. The van der Waals surface area contributed by atoms with Crippen LogP contribution in [0.25, 0.3) is 0 Å². The van der Waals surface area contributed by atoms with E-state index in [0.717, 1.165) is 0 Å². The number of carbonyl (C=O) groups excluding carboxylic acids is 1. The highest BCUT2D eigenvalue weighted by atomic mass is 16.4. The molecule has 0 heterocycles. The third-order valence-corrected chi connectivity index (χ3v) is 2.65. The molecule has 0 aromatic carbocycles. The lowest BCUT2D eigenvalue weighted by atomic mass is 10.2. The third-order valence-electron chi connectivity index (χ3n) is 2.65. The Morgan fingerprint density at radius 3 is 2.47 bits per heavy atom. The molecule has 3 N–H and O–H groups in total. The summed E-state index contributed by atoms with van der Waals surface area (Å²) in [4.78, 5) is 21.5. The molecule has 1 fully saturated rings. The summed E-state index contributed by atoms with van der Waals surface area (Å²) in [5.41, 5.74) is 0. The molecule has 0 aromatic rings. The van der Waals surface area contributed by atoms with Gasteiger partial charge < -0.3 is 15.7 Å². The highest BCUT2D eigenvalue weighted by molar-refractivity contribution is 5.82. The number of carbonyl (C=O) groups is 2. The van der Waals surface area contributed by atoms with Crippen molar-refractivity contribution in [2.24, 2.45) is 5.92 Å². The minimum absolute atomic E-state index is 0.284. The summed E-state index contributed by atoms with van der Waals surface area (Å²) in [6, 6.07) is -0.496. The summed E-state index contributed by atoms with van der Waals surface area (Å²) in [6.45, 7) is 3.65. The number of hydrogen-bond donors (Lipinski definition) is 3. The first-order valence-corrected chi connectivity index (χ1v) is 5.24. The van der Waals surface area contributed by atoms with Gasteiger partial charge in [-0.3, -0.25) is 4.79 Å². The normalized spacial score (nSPS) is 19.3. The Morgan fingerprint density at radius 2 is 2.07 bits per heavy atom. The highest BCUT2D eigenvalue weighted by Crippen LogP contribution is 2.32. The molecule has 1 rings (SSSR count). The Hall–Kier alpha value is -1.10. The number of carboxylic acid groups (broad SMARTS) is 1. The van der Waals surface area contributed by atoms with Gasteiger partial charge in [0.05, 0.1) is 0 Å². The lowest BCUT2D eigenvalue weighted by Crippen LogP contribution is -2.48. The first-order chi connectivity index (χ1) is 7.00. The van der Waals surface area contributed by atoms with Gasteiger partial charge in [0.2, 0.25) is 5.91 Å². The second kappa shape index (κ2) is 5.11. The Balaban J connectivity index is 2.29. The van der Waals surface area contributed by atoms with Crippen LogP contribution in [0.3, 0.4) is 0 Å². The van der Waals surface area contributed by atoms with Gasteiger partial charge in [-0.15, -0.1) is 0 Å². The van der Waals surface area contributed by atoms with E-state index >= 15 is 0 Å². The number of aliphatic carboxylic acids is 1. The average molecular weight is 214 g/mol. The highest BCUT2D eigenvalue weighted by Gasteiger charge is 2.28. The predicted molar refractivity (Wildman–Crippen MR) is 55.4 cm³/mol. The molecule has 0 saturated heterocycles. The van der Waals surface area contributed by atoms with Crippen LogP contribution < -0.4 is 10.6 Å². The van der Waals surface area contributed by atoms with Crippen molar-refractivity contribution in [3.63, 3.8) is 0 Å². The molecule has 0 radical (unpaired) electrons. The molecule has 1 amide bonds. The van der Waals surface area contributed by atoms with Crippen molar-refractivity contribution in [1.82, 2.24) is 10.6 Å². The van der Waals surface area contributed by atoms with Crippen LogP contribution in [0, 0.1) is 5.92 Å². The number of amides is 1. The maximum atomic E-state index is 10.8. The van der Waals surface area contributed by atoms with Gasteiger partial charge in [0, 0.05) is 19.5 Å². The van der Waals surface area contributed by atoms with Crippen LogP contribution in [0.4, 0.5) is 0 Å². The molecule has 0 aliphatic heterocycles. The van der Waals surface area contributed by atoms with Gasteiger partial charge in [0.15, 0.2) is 0 Å². The molecular formula is C10H18N2O3. The van der Waals surface area contributed by atoms with E-state index in [4.69, 9.17) is 5.11 Å². The zero-order valence-electron chi connectivity index (χ0n) is 9.12.